The van der Waals surface area contributed by atoms with Gasteiger partial charge in [0.15, 0.2) is 0 Å². The Balaban J connectivity index is 2.07. The lowest BCUT2D eigenvalue weighted by atomic mass is 10.1. The van der Waals surface area contributed by atoms with Gasteiger partial charge in [0.1, 0.15) is 11.9 Å². The van der Waals surface area contributed by atoms with Crippen molar-refractivity contribution in [3.63, 3.8) is 0 Å². The second kappa shape index (κ2) is 6.73. The number of methoxy groups -OCH3 is 1. The Morgan fingerprint density at radius 1 is 1.33 bits per heavy atom. The third-order valence-corrected chi connectivity index (χ3v) is 3.18. The van der Waals surface area contributed by atoms with Crippen molar-refractivity contribution in [1.29, 1.82) is 0 Å². The first-order valence-corrected chi connectivity index (χ1v) is 6.32. The summed E-state index contributed by atoms with van der Waals surface area (Å²) in [5.74, 6) is 0.753. The van der Waals surface area contributed by atoms with Crippen molar-refractivity contribution in [2.75, 3.05) is 26.9 Å². The molecule has 1 aromatic carbocycles. The predicted molar refractivity (Wildman–Crippen MR) is 67.7 cm³/mol. The van der Waals surface area contributed by atoms with Crippen LogP contribution in [0.1, 0.15) is 24.5 Å². The topological polar surface area (TPSA) is 47.9 Å². The summed E-state index contributed by atoms with van der Waals surface area (Å²) in [6.07, 6.45) is 1.59. The Bertz CT molecular complexity index is 361. The third kappa shape index (κ3) is 3.22. The zero-order valence-corrected chi connectivity index (χ0v) is 10.7. The Hall–Kier alpha value is -1.10. The lowest BCUT2D eigenvalue weighted by Crippen LogP contribution is -2.26. The smallest absolute Gasteiger partial charge is 0.124 e. The summed E-state index contributed by atoms with van der Waals surface area (Å²) in [7, 11) is 1.63. The first-order chi connectivity index (χ1) is 8.85. The van der Waals surface area contributed by atoms with Gasteiger partial charge in [0.25, 0.3) is 0 Å². The normalized spacial score (nSPS) is 18.6. The number of aliphatic hydroxyl groups excluding tert-OH is 1. The van der Waals surface area contributed by atoms with Crippen LogP contribution in [0, 0.1) is 0 Å². The van der Waals surface area contributed by atoms with Gasteiger partial charge in [0, 0.05) is 18.8 Å². The average Bonchev–Trinajstić information content (AvgIpc) is 2.46. The molecule has 1 fully saturated rings. The van der Waals surface area contributed by atoms with Gasteiger partial charge in [0.05, 0.1) is 19.8 Å². The van der Waals surface area contributed by atoms with Gasteiger partial charge in [-0.05, 0) is 18.9 Å². The molecule has 1 N–H and O–H groups in total. The molecule has 1 aromatic rings. The van der Waals surface area contributed by atoms with E-state index in [4.69, 9.17) is 14.2 Å². The van der Waals surface area contributed by atoms with Crippen LogP contribution in [0.5, 0.6) is 5.75 Å². The number of aliphatic hydroxyl groups is 1. The summed E-state index contributed by atoms with van der Waals surface area (Å²) in [5, 5.41) is 9.52. The van der Waals surface area contributed by atoms with E-state index in [1.807, 2.05) is 24.3 Å². The van der Waals surface area contributed by atoms with Crippen molar-refractivity contribution in [3.8, 4) is 5.75 Å². The Morgan fingerprint density at radius 2 is 2.06 bits per heavy atom. The molecule has 0 spiro atoms. The molecule has 1 aliphatic heterocycles. The van der Waals surface area contributed by atoms with Crippen LogP contribution in [0.4, 0.5) is 0 Å². The molecule has 0 bridgehead atoms. The van der Waals surface area contributed by atoms with E-state index in [0.717, 1.165) is 37.4 Å². The SMILES string of the molecule is COc1ccccc1[C@H](CO)OC1CCOCC1. The molecule has 18 heavy (non-hydrogen) atoms. The molecule has 2 rings (SSSR count). The fourth-order valence-corrected chi connectivity index (χ4v) is 2.19. The Morgan fingerprint density at radius 3 is 2.72 bits per heavy atom. The van der Waals surface area contributed by atoms with Crippen LogP contribution in [-0.4, -0.2) is 38.1 Å². The molecule has 4 nitrogen and oxygen atoms in total. The van der Waals surface area contributed by atoms with E-state index >= 15 is 0 Å². The maximum Gasteiger partial charge on any atom is 0.124 e. The van der Waals surface area contributed by atoms with Crippen molar-refractivity contribution in [3.05, 3.63) is 29.8 Å². The molecule has 0 unspecified atom stereocenters. The lowest BCUT2D eigenvalue weighted by molar-refractivity contribution is -0.0853. The van der Waals surface area contributed by atoms with Gasteiger partial charge in [-0.25, -0.2) is 0 Å². The van der Waals surface area contributed by atoms with E-state index in [0.29, 0.717) is 0 Å². The van der Waals surface area contributed by atoms with Crippen molar-refractivity contribution >= 4 is 0 Å². The number of rotatable bonds is 5. The minimum atomic E-state index is -0.329. The Labute approximate surface area is 107 Å². The molecular formula is C14H20O4. The molecule has 1 aliphatic rings. The predicted octanol–water partition coefficient (Wildman–Crippen LogP) is 1.92. The van der Waals surface area contributed by atoms with Crippen LogP contribution in [0.2, 0.25) is 0 Å². The molecule has 0 amide bonds. The van der Waals surface area contributed by atoms with E-state index in [2.05, 4.69) is 0 Å². The van der Waals surface area contributed by atoms with Crippen LogP contribution in [0.15, 0.2) is 24.3 Å². The molecule has 0 radical (unpaired) electrons. The molecular weight excluding hydrogens is 232 g/mol. The van der Waals surface area contributed by atoms with E-state index in [1.54, 1.807) is 7.11 Å². The van der Waals surface area contributed by atoms with Gasteiger partial charge >= 0.3 is 0 Å². The second-order valence-electron chi connectivity index (χ2n) is 4.36. The molecule has 1 heterocycles. The minimum absolute atomic E-state index is 0.0439. The first-order valence-electron chi connectivity index (χ1n) is 6.32. The van der Waals surface area contributed by atoms with E-state index in [9.17, 15) is 5.11 Å². The number of benzene rings is 1. The molecule has 1 atom stereocenters. The van der Waals surface area contributed by atoms with Gasteiger partial charge in [-0.2, -0.15) is 0 Å². The number of ether oxygens (including phenoxy) is 3. The highest BCUT2D eigenvalue weighted by molar-refractivity contribution is 5.35. The molecule has 0 saturated carbocycles. The summed E-state index contributed by atoms with van der Waals surface area (Å²) in [4.78, 5) is 0. The van der Waals surface area contributed by atoms with Crippen molar-refractivity contribution < 1.29 is 19.3 Å². The molecule has 1 saturated heterocycles. The fraction of sp³-hybridized carbons (Fsp3) is 0.571. The van der Waals surface area contributed by atoms with Gasteiger partial charge < -0.3 is 19.3 Å². The molecule has 0 aliphatic carbocycles. The zero-order chi connectivity index (χ0) is 12.8. The highest BCUT2D eigenvalue weighted by Gasteiger charge is 2.22. The van der Waals surface area contributed by atoms with Crippen molar-refractivity contribution in [1.82, 2.24) is 0 Å². The monoisotopic (exact) mass is 252 g/mol. The molecule has 4 heteroatoms. The first kappa shape index (κ1) is 13.3. The zero-order valence-electron chi connectivity index (χ0n) is 10.7. The van der Waals surface area contributed by atoms with Crippen LogP contribution >= 0.6 is 0 Å². The number of hydrogen-bond donors (Lipinski definition) is 1. The third-order valence-electron chi connectivity index (χ3n) is 3.18. The maximum absolute atomic E-state index is 9.52. The summed E-state index contributed by atoms with van der Waals surface area (Å²) in [6, 6.07) is 7.64. The van der Waals surface area contributed by atoms with Crippen LogP contribution in [-0.2, 0) is 9.47 Å². The lowest BCUT2D eigenvalue weighted by Gasteiger charge is -2.27. The van der Waals surface area contributed by atoms with Gasteiger partial charge in [-0.1, -0.05) is 18.2 Å². The average molecular weight is 252 g/mol. The summed E-state index contributed by atoms with van der Waals surface area (Å²) in [5.41, 5.74) is 0.897. The number of para-hydroxylation sites is 1. The van der Waals surface area contributed by atoms with Gasteiger partial charge in [0.2, 0.25) is 0 Å². The van der Waals surface area contributed by atoms with Crippen LogP contribution in [0.3, 0.4) is 0 Å². The number of hydrogen-bond acceptors (Lipinski definition) is 4. The van der Waals surface area contributed by atoms with Gasteiger partial charge in [-0.3, -0.25) is 0 Å². The second-order valence-corrected chi connectivity index (χ2v) is 4.36. The largest absolute Gasteiger partial charge is 0.496 e. The summed E-state index contributed by atoms with van der Waals surface area (Å²) in [6.45, 7) is 1.42. The van der Waals surface area contributed by atoms with E-state index in [-0.39, 0.29) is 18.8 Å². The fourth-order valence-electron chi connectivity index (χ4n) is 2.19. The molecule has 100 valence electrons. The standard InChI is InChI=1S/C14H20O4/c1-16-13-5-3-2-4-12(13)14(10-15)18-11-6-8-17-9-7-11/h2-5,11,14-15H,6-10H2,1H3/t14-/m0/s1. The summed E-state index contributed by atoms with van der Waals surface area (Å²) >= 11 is 0. The highest BCUT2D eigenvalue weighted by atomic mass is 16.5. The summed E-state index contributed by atoms with van der Waals surface area (Å²) < 4.78 is 16.6. The molecule has 0 aromatic heterocycles. The van der Waals surface area contributed by atoms with Crippen LogP contribution in [0.25, 0.3) is 0 Å². The van der Waals surface area contributed by atoms with Gasteiger partial charge in [-0.15, -0.1) is 0 Å². The van der Waals surface area contributed by atoms with E-state index < -0.39 is 0 Å². The highest BCUT2D eigenvalue weighted by Crippen LogP contribution is 2.29. The maximum atomic E-state index is 9.52. The van der Waals surface area contributed by atoms with E-state index in [1.165, 1.54) is 0 Å². The quantitative estimate of drug-likeness (QED) is 0.869. The van der Waals surface area contributed by atoms with Crippen molar-refractivity contribution in [2.45, 2.75) is 25.0 Å². The minimum Gasteiger partial charge on any atom is -0.496 e. The Kier molecular flexibility index (Phi) is 4.99. The van der Waals surface area contributed by atoms with Crippen LogP contribution < -0.4 is 4.74 Å². The van der Waals surface area contributed by atoms with Crippen molar-refractivity contribution in [2.24, 2.45) is 0 Å².